The summed E-state index contributed by atoms with van der Waals surface area (Å²) in [5.74, 6) is 1.58. The van der Waals surface area contributed by atoms with Gasteiger partial charge in [-0.3, -0.25) is 0 Å². The molecule has 4 rings (SSSR count). The fourth-order valence-electron chi connectivity index (χ4n) is 3.16. The minimum Gasteiger partial charge on any atom is -0.870 e. The maximum Gasteiger partial charge on any atom is 0.355 e. The van der Waals surface area contributed by atoms with Gasteiger partial charge >= 0.3 is 5.97 Å². The summed E-state index contributed by atoms with van der Waals surface area (Å²) >= 11 is 1.16. The molecule has 8 nitrogen and oxygen atoms in total. The van der Waals surface area contributed by atoms with Crippen molar-refractivity contribution in [3.05, 3.63) is 82.5 Å². The van der Waals surface area contributed by atoms with E-state index in [-0.39, 0.29) is 11.2 Å². The summed E-state index contributed by atoms with van der Waals surface area (Å²) < 4.78 is 13.0. The number of aromatic nitrogens is 3. The minimum absolute atomic E-state index is 0. The molecule has 0 bridgehead atoms. The standard InChI is InChI=1S/C22H16N4O3S2.H2O/c1-2-19-17(12-14-8-10-16(11-9-14)31(23)29)20(15-6-4-3-5-7-15)25-26(19)22-24-18(13-30-22)21(27)28;/h1,3-11,13H,12H2,(H2,23,29)(H,27,28);1H2. The molecule has 0 aliphatic carbocycles. The molecule has 0 saturated carbocycles. The second-order valence-electron chi connectivity index (χ2n) is 6.59. The van der Waals surface area contributed by atoms with Gasteiger partial charge in [0.2, 0.25) is 5.13 Å². The van der Waals surface area contributed by atoms with E-state index >= 15 is 0 Å². The molecule has 0 amide bonds. The molecule has 1 atom stereocenters. The van der Waals surface area contributed by atoms with E-state index in [0.29, 0.717) is 27.8 Å². The Balaban J connectivity index is 0.00000289. The van der Waals surface area contributed by atoms with E-state index in [1.54, 1.807) is 12.1 Å². The zero-order chi connectivity index (χ0) is 22.0. The average Bonchev–Trinajstić information content (AvgIpc) is 3.40. The molecule has 32 heavy (non-hydrogen) atoms. The van der Waals surface area contributed by atoms with E-state index in [4.69, 9.17) is 16.7 Å². The molecule has 0 aliphatic rings. The number of carboxylic acids is 1. The van der Waals surface area contributed by atoms with Gasteiger partial charge in [-0.25, -0.2) is 9.78 Å². The van der Waals surface area contributed by atoms with Crippen LogP contribution < -0.4 is 5.14 Å². The lowest BCUT2D eigenvalue weighted by molar-refractivity contribution is 0.0691. The highest BCUT2D eigenvalue weighted by Crippen LogP contribution is 2.30. The monoisotopic (exact) mass is 466 g/mol. The van der Waals surface area contributed by atoms with E-state index in [0.717, 1.165) is 28.0 Å². The van der Waals surface area contributed by atoms with Crippen LogP contribution in [0.2, 0.25) is 0 Å². The van der Waals surface area contributed by atoms with Gasteiger partial charge in [-0.2, -0.15) is 9.78 Å². The second kappa shape index (κ2) is 9.67. The van der Waals surface area contributed by atoms with Gasteiger partial charge in [0.05, 0.1) is 5.69 Å². The Kier molecular flexibility index (Phi) is 6.97. The Morgan fingerprint density at radius 1 is 1.19 bits per heavy atom. The first-order valence-electron chi connectivity index (χ1n) is 9.12. The fourth-order valence-corrected chi connectivity index (χ4v) is 4.35. The predicted molar refractivity (Wildman–Crippen MR) is 123 cm³/mol. The van der Waals surface area contributed by atoms with E-state index in [2.05, 4.69) is 10.9 Å². The lowest BCUT2D eigenvalue weighted by atomic mass is 9.99. The van der Waals surface area contributed by atoms with Crippen LogP contribution in [0.15, 0.2) is 64.9 Å². The number of aromatic carboxylic acids is 1. The summed E-state index contributed by atoms with van der Waals surface area (Å²) in [5, 5.41) is 21.2. The van der Waals surface area contributed by atoms with Crippen LogP contribution in [-0.4, -0.2) is 31.3 Å². The largest absolute Gasteiger partial charge is 0.870 e. The normalized spacial score (nSPS) is 11.4. The molecule has 0 aliphatic heterocycles. The SMILES string of the molecule is C#Cc1c(Cc2ccc([SH+](N)=O)cc2)c(-c2ccccc2)nn1-c1nc(C(=O)O)cs1.[OH-]. The van der Waals surface area contributed by atoms with E-state index < -0.39 is 17.0 Å². The number of thiol groups is 1. The highest BCUT2D eigenvalue weighted by atomic mass is 32.2. The molecule has 0 fully saturated rings. The number of thiazole rings is 1. The van der Waals surface area contributed by atoms with Crippen LogP contribution in [0.1, 0.15) is 27.3 Å². The lowest BCUT2D eigenvalue weighted by Gasteiger charge is -2.05. The average molecular weight is 467 g/mol. The first-order chi connectivity index (χ1) is 15.0. The van der Waals surface area contributed by atoms with Gasteiger partial charge < -0.3 is 10.6 Å². The van der Waals surface area contributed by atoms with Crippen molar-refractivity contribution in [3.63, 3.8) is 0 Å². The predicted octanol–water partition coefficient (Wildman–Crippen LogP) is 3.02. The molecule has 0 spiro atoms. The summed E-state index contributed by atoms with van der Waals surface area (Å²) in [6, 6.07) is 16.8. The number of carboxylic acid groups (broad SMARTS) is 1. The molecule has 4 N–H and O–H groups in total. The van der Waals surface area contributed by atoms with Crippen molar-refractivity contribution in [1.29, 1.82) is 0 Å². The molecule has 10 heteroatoms. The Hall–Kier alpha value is -3.62. The van der Waals surface area contributed by atoms with E-state index in [1.807, 2.05) is 42.5 Å². The third-order valence-electron chi connectivity index (χ3n) is 4.63. The molecule has 4 aromatic rings. The number of carbonyl (C=O) groups is 1. The summed E-state index contributed by atoms with van der Waals surface area (Å²) in [5.41, 5.74) is 3.76. The Bertz CT molecular complexity index is 1320. The molecule has 1 unspecified atom stereocenters. The van der Waals surface area contributed by atoms with Crippen molar-refractivity contribution in [1.82, 2.24) is 14.8 Å². The summed E-state index contributed by atoms with van der Waals surface area (Å²) in [6.07, 6.45) is 6.33. The highest BCUT2D eigenvalue weighted by Gasteiger charge is 2.22. The van der Waals surface area contributed by atoms with Gasteiger partial charge in [-0.1, -0.05) is 46.7 Å². The molecule has 162 valence electrons. The third kappa shape index (κ3) is 4.51. The van der Waals surface area contributed by atoms with Crippen LogP contribution in [0.25, 0.3) is 16.4 Å². The maximum absolute atomic E-state index is 11.5. The topological polar surface area (TPSA) is 141 Å². The lowest BCUT2D eigenvalue weighted by Crippen LogP contribution is -2.03. The Labute approximate surface area is 190 Å². The molecular weight excluding hydrogens is 448 g/mol. The van der Waals surface area contributed by atoms with Crippen molar-refractivity contribution in [2.75, 3.05) is 0 Å². The number of nitrogens with two attached hydrogens (primary N) is 1. The number of terminal acetylenes is 1. The van der Waals surface area contributed by atoms with Crippen LogP contribution in [0.5, 0.6) is 0 Å². The zero-order valence-electron chi connectivity index (χ0n) is 16.5. The second-order valence-corrected chi connectivity index (χ2v) is 8.59. The van der Waals surface area contributed by atoms with Gasteiger partial charge in [-0.05, 0) is 23.6 Å². The molecule has 2 aromatic carbocycles. The van der Waals surface area contributed by atoms with Gasteiger partial charge in [-0.15, -0.1) is 22.9 Å². The number of hydrogen-bond acceptors (Lipinski definition) is 6. The fraction of sp³-hybridized carbons (Fsp3) is 0.0455. The number of hydrogen-bond donors (Lipinski definition) is 2. The van der Waals surface area contributed by atoms with Gasteiger partial charge in [0.15, 0.2) is 21.6 Å². The van der Waals surface area contributed by atoms with E-state index in [9.17, 15) is 14.1 Å². The third-order valence-corrected chi connectivity index (χ3v) is 6.25. The summed E-state index contributed by atoms with van der Waals surface area (Å²) in [7, 11) is -1.90. The molecule has 0 radical (unpaired) electrons. The van der Waals surface area contributed by atoms with Crippen LogP contribution >= 0.6 is 11.3 Å². The summed E-state index contributed by atoms with van der Waals surface area (Å²) in [4.78, 5) is 16.0. The Morgan fingerprint density at radius 2 is 1.88 bits per heavy atom. The van der Waals surface area contributed by atoms with Crippen molar-refractivity contribution in [2.45, 2.75) is 11.3 Å². The molecule has 0 saturated heterocycles. The number of nitrogens with zero attached hydrogens (tertiary/aromatic N) is 3. The van der Waals surface area contributed by atoms with Crippen molar-refractivity contribution >= 4 is 28.3 Å². The quantitative estimate of drug-likeness (QED) is 0.254. The first kappa shape index (κ1) is 23.1. The van der Waals surface area contributed by atoms with Gasteiger partial charge in [0, 0.05) is 22.9 Å². The minimum atomic E-state index is -1.90. The van der Waals surface area contributed by atoms with Crippen LogP contribution in [0.3, 0.4) is 0 Å². The van der Waals surface area contributed by atoms with Crippen LogP contribution in [0.4, 0.5) is 0 Å². The van der Waals surface area contributed by atoms with Crippen molar-refractivity contribution < 1.29 is 19.6 Å². The van der Waals surface area contributed by atoms with Crippen LogP contribution in [0, 0.1) is 12.3 Å². The number of rotatable bonds is 6. The van der Waals surface area contributed by atoms with Crippen molar-refractivity contribution in [2.24, 2.45) is 5.14 Å². The van der Waals surface area contributed by atoms with E-state index in [1.165, 1.54) is 10.1 Å². The zero-order valence-corrected chi connectivity index (χ0v) is 18.3. The van der Waals surface area contributed by atoms with Gasteiger partial charge in [0.25, 0.3) is 0 Å². The summed E-state index contributed by atoms with van der Waals surface area (Å²) in [6.45, 7) is 0. The van der Waals surface area contributed by atoms with Crippen molar-refractivity contribution in [3.8, 4) is 28.7 Å². The molecule has 2 heterocycles. The number of benzene rings is 2. The van der Waals surface area contributed by atoms with Crippen LogP contribution in [-0.2, 0) is 21.6 Å². The van der Waals surface area contributed by atoms with Gasteiger partial charge in [0.1, 0.15) is 5.69 Å². The molecule has 2 aromatic heterocycles. The highest BCUT2D eigenvalue weighted by molar-refractivity contribution is 7.82. The Morgan fingerprint density at radius 3 is 2.44 bits per heavy atom. The molecular formula is C22H18N4O4S2. The first-order valence-corrected chi connectivity index (χ1v) is 11.3. The smallest absolute Gasteiger partial charge is 0.355 e. The maximum atomic E-state index is 11.5.